The number of aryl methyl sites for hydroxylation is 2. The summed E-state index contributed by atoms with van der Waals surface area (Å²) < 4.78 is 55.2. The lowest BCUT2D eigenvalue weighted by Gasteiger charge is -2.14. The standard InChI is InChI=1S/C21H15F2N5O.C21H13F2N5/c1-10-15-6-11(2-3-18(15)27-9-26-10)16-8-17(21(25)29)20(24)28-19(16)12-4-13(22)7-14(23)5-12;1-11-17-6-12(2-3-19(17)27-10-26-11)18-7-14(9-24)21(25)28-20(18)13-4-15(22)8-16(23)5-13/h2-9H,1H3,(H2,24,28)(H2,25,29);2-8,10H,1H3,(H2,25,28). The van der Waals surface area contributed by atoms with E-state index in [1.165, 1.54) is 30.9 Å². The van der Waals surface area contributed by atoms with Gasteiger partial charge in [0.05, 0.1) is 33.5 Å². The summed E-state index contributed by atoms with van der Waals surface area (Å²) in [5, 5.41) is 11.0. The number of aromatic nitrogens is 6. The highest BCUT2D eigenvalue weighted by atomic mass is 19.1. The number of carbonyl (C=O) groups excluding carboxylic acids is 1. The molecule has 0 saturated carbocycles. The molecule has 6 N–H and O–H groups in total. The first kappa shape index (κ1) is 37.5. The summed E-state index contributed by atoms with van der Waals surface area (Å²) in [4.78, 5) is 37.1. The molecule has 4 aromatic carbocycles. The van der Waals surface area contributed by atoms with Gasteiger partial charge in [0.15, 0.2) is 0 Å². The molecule has 0 saturated heterocycles. The zero-order valence-electron chi connectivity index (χ0n) is 30.0. The molecular weight excluding hydrogens is 737 g/mol. The van der Waals surface area contributed by atoms with Crippen LogP contribution in [0.5, 0.6) is 0 Å². The highest BCUT2D eigenvalue weighted by Gasteiger charge is 2.19. The van der Waals surface area contributed by atoms with Crippen LogP contribution in [0.2, 0.25) is 0 Å². The lowest BCUT2D eigenvalue weighted by molar-refractivity contribution is 0.100. The van der Waals surface area contributed by atoms with E-state index in [1.807, 2.05) is 44.2 Å². The maximum atomic E-state index is 13.8. The van der Waals surface area contributed by atoms with Crippen LogP contribution in [0.3, 0.4) is 0 Å². The van der Waals surface area contributed by atoms with E-state index >= 15 is 0 Å². The fraction of sp³-hybridized carbons (Fsp3) is 0.0476. The summed E-state index contributed by atoms with van der Waals surface area (Å²) in [6.45, 7) is 3.70. The Balaban J connectivity index is 0.000000174. The molecule has 57 heavy (non-hydrogen) atoms. The highest BCUT2D eigenvalue weighted by Crippen LogP contribution is 2.37. The van der Waals surface area contributed by atoms with Gasteiger partial charge >= 0.3 is 0 Å². The van der Waals surface area contributed by atoms with Gasteiger partial charge in [-0.25, -0.2) is 47.5 Å². The van der Waals surface area contributed by atoms with E-state index in [0.717, 1.165) is 57.5 Å². The minimum atomic E-state index is -0.756. The number of rotatable bonds is 5. The van der Waals surface area contributed by atoms with Crippen LogP contribution in [-0.4, -0.2) is 35.8 Å². The number of anilines is 2. The summed E-state index contributed by atoms with van der Waals surface area (Å²) in [5.41, 5.74) is 23.6. The monoisotopic (exact) mass is 764 g/mol. The smallest absolute Gasteiger partial charge is 0.252 e. The first-order chi connectivity index (χ1) is 27.3. The maximum absolute atomic E-state index is 13.8. The number of carbonyl (C=O) groups is 1. The summed E-state index contributed by atoms with van der Waals surface area (Å²) in [6.07, 6.45) is 2.95. The molecule has 0 spiro atoms. The van der Waals surface area contributed by atoms with Crippen molar-refractivity contribution in [1.29, 1.82) is 5.26 Å². The SMILES string of the molecule is Cc1ncnc2ccc(-c3cc(C#N)c(N)nc3-c3cc(F)cc(F)c3)cc12.Cc1ncnc2ccc(-c3cc(C(N)=O)c(N)nc3-c3cc(F)cc(F)c3)cc12. The fourth-order valence-electron chi connectivity index (χ4n) is 6.31. The molecule has 0 fully saturated rings. The Kier molecular flexibility index (Phi) is 9.93. The average molecular weight is 765 g/mol. The van der Waals surface area contributed by atoms with Crippen molar-refractivity contribution in [3.63, 3.8) is 0 Å². The highest BCUT2D eigenvalue weighted by molar-refractivity contribution is 6.01. The maximum Gasteiger partial charge on any atom is 0.252 e. The number of amides is 1. The zero-order chi connectivity index (χ0) is 40.5. The van der Waals surface area contributed by atoms with E-state index in [9.17, 15) is 27.6 Å². The van der Waals surface area contributed by atoms with Crippen LogP contribution in [0.25, 0.3) is 66.6 Å². The Hall–Kier alpha value is -7.86. The number of nitrogens with two attached hydrogens (primary N) is 3. The molecule has 0 unspecified atom stereocenters. The number of halogens is 4. The molecule has 0 atom stereocenters. The van der Waals surface area contributed by atoms with E-state index in [1.54, 1.807) is 18.2 Å². The van der Waals surface area contributed by atoms with Crippen molar-refractivity contribution in [2.24, 2.45) is 5.73 Å². The van der Waals surface area contributed by atoms with E-state index in [-0.39, 0.29) is 45.3 Å². The minimum absolute atomic E-state index is 0.00813. The first-order valence-corrected chi connectivity index (χ1v) is 17.0. The molecule has 11 nitrogen and oxygen atoms in total. The van der Waals surface area contributed by atoms with Crippen LogP contribution in [0.15, 0.2) is 97.6 Å². The minimum Gasteiger partial charge on any atom is -0.383 e. The summed E-state index contributed by atoms with van der Waals surface area (Å²) in [7, 11) is 0. The molecule has 4 aromatic heterocycles. The fourth-order valence-corrected chi connectivity index (χ4v) is 6.31. The molecule has 0 bridgehead atoms. The Morgan fingerprint density at radius 1 is 0.579 bits per heavy atom. The van der Waals surface area contributed by atoms with Gasteiger partial charge in [-0.05, 0) is 85.6 Å². The van der Waals surface area contributed by atoms with E-state index in [0.29, 0.717) is 22.3 Å². The Morgan fingerprint density at radius 2 is 1.02 bits per heavy atom. The Labute approximate surface area is 321 Å². The van der Waals surface area contributed by atoms with E-state index < -0.39 is 29.2 Å². The first-order valence-electron chi connectivity index (χ1n) is 17.0. The largest absolute Gasteiger partial charge is 0.383 e. The molecular formula is C42H28F4N10O. The van der Waals surface area contributed by atoms with Crippen molar-refractivity contribution in [3.05, 3.63) is 143 Å². The molecule has 0 radical (unpaired) electrons. The number of hydrogen-bond acceptors (Lipinski definition) is 10. The molecule has 15 heteroatoms. The quantitative estimate of drug-likeness (QED) is 0.144. The van der Waals surface area contributed by atoms with Gasteiger partial charge in [-0.3, -0.25) is 4.79 Å². The molecule has 0 aliphatic rings. The topological polar surface area (TPSA) is 196 Å². The van der Waals surface area contributed by atoms with Gasteiger partial charge in [0.25, 0.3) is 5.91 Å². The van der Waals surface area contributed by atoms with Crippen LogP contribution in [-0.2, 0) is 0 Å². The van der Waals surface area contributed by atoms with Crippen molar-refractivity contribution in [2.75, 3.05) is 11.5 Å². The average Bonchev–Trinajstić information content (AvgIpc) is 3.17. The molecule has 280 valence electrons. The molecule has 4 heterocycles. The number of nitrogens with zero attached hydrogens (tertiary/aromatic N) is 7. The molecule has 8 aromatic rings. The third kappa shape index (κ3) is 7.60. The molecule has 0 aliphatic heterocycles. The number of primary amides is 1. The number of fused-ring (bicyclic) bond motifs is 2. The van der Waals surface area contributed by atoms with Crippen LogP contribution in [0.4, 0.5) is 29.2 Å². The van der Waals surface area contributed by atoms with Gasteiger partial charge in [0, 0.05) is 56.5 Å². The van der Waals surface area contributed by atoms with Gasteiger partial charge < -0.3 is 17.2 Å². The van der Waals surface area contributed by atoms with Crippen LogP contribution in [0.1, 0.15) is 27.3 Å². The lowest BCUT2D eigenvalue weighted by Crippen LogP contribution is -2.15. The summed E-state index contributed by atoms with van der Waals surface area (Å²) >= 11 is 0. The zero-order valence-corrected chi connectivity index (χ0v) is 30.0. The number of pyridine rings is 2. The van der Waals surface area contributed by atoms with Crippen molar-refractivity contribution in [3.8, 4) is 50.8 Å². The number of nitriles is 1. The number of hydrogen-bond donors (Lipinski definition) is 3. The Bertz CT molecular complexity index is 2930. The van der Waals surface area contributed by atoms with Gasteiger partial charge in [-0.2, -0.15) is 5.26 Å². The molecule has 1 amide bonds. The lowest BCUT2D eigenvalue weighted by atomic mass is 9.95. The molecule has 0 aliphatic carbocycles. The second-order valence-corrected chi connectivity index (χ2v) is 12.8. The van der Waals surface area contributed by atoms with E-state index in [4.69, 9.17) is 17.2 Å². The summed E-state index contributed by atoms with van der Waals surface area (Å²) in [6, 6.07) is 22.1. The van der Waals surface area contributed by atoms with Gasteiger partial charge in [-0.1, -0.05) is 12.1 Å². The Morgan fingerprint density at radius 3 is 1.46 bits per heavy atom. The van der Waals surface area contributed by atoms with Crippen molar-refractivity contribution in [2.45, 2.75) is 13.8 Å². The van der Waals surface area contributed by atoms with Gasteiger partial charge in [0.2, 0.25) is 0 Å². The van der Waals surface area contributed by atoms with Crippen molar-refractivity contribution in [1.82, 2.24) is 29.9 Å². The van der Waals surface area contributed by atoms with Gasteiger partial charge in [-0.15, -0.1) is 0 Å². The summed E-state index contributed by atoms with van der Waals surface area (Å²) in [5.74, 6) is -3.86. The third-order valence-electron chi connectivity index (χ3n) is 9.05. The normalized spacial score (nSPS) is 10.9. The predicted molar refractivity (Wildman–Crippen MR) is 208 cm³/mol. The second-order valence-electron chi connectivity index (χ2n) is 12.8. The van der Waals surface area contributed by atoms with Crippen molar-refractivity contribution >= 4 is 39.3 Å². The number of nitrogen functional groups attached to an aromatic ring is 2. The third-order valence-corrected chi connectivity index (χ3v) is 9.05. The van der Waals surface area contributed by atoms with Crippen LogP contribution in [0, 0.1) is 48.4 Å². The predicted octanol–water partition coefficient (Wildman–Crippen LogP) is 8.03. The van der Waals surface area contributed by atoms with Crippen LogP contribution < -0.4 is 17.2 Å². The van der Waals surface area contributed by atoms with Crippen LogP contribution >= 0.6 is 0 Å². The van der Waals surface area contributed by atoms with E-state index in [2.05, 4.69) is 29.9 Å². The van der Waals surface area contributed by atoms with Crippen molar-refractivity contribution < 1.29 is 22.4 Å². The molecule has 8 rings (SSSR count). The van der Waals surface area contributed by atoms with Gasteiger partial charge in [0.1, 0.15) is 53.6 Å². The second kappa shape index (κ2) is 15.1. The number of benzene rings is 4.